The van der Waals surface area contributed by atoms with Crippen molar-refractivity contribution in [1.29, 1.82) is 5.26 Å². The van der Waals surface area contributed by atoms with E-state index < -0.39 is 0 Å². The second-order valence-electron chi connectivity index (χ2n) is 5.38. The lowest BCUT2D eigenvalue weighted by atomic mass is 9.95. The third-order valence-corrected chi connectivity index (χ3v) is 2.96. The van der Waals surface area contributed by atoms with E-state index in [0.717, 1.165) is 22.5 Å². The fraction of sp³-hybridized carbons (Fsp3) is 0.429. The van der Waals surface area contributed by atoms with E-state index in [2.05, 4.69) is 27.0 Å². The maximum absolute atomic E-state index is 9.07. The van der Waals surface area contributed by atoms with E-state index in [1.165, 1.54) is 0 Å². The topological polar surface area (TPSA) is 55.7 Å². The molecule has 0 spiro atoms. The van der Waals surface area contributed by atoms with Gasteiger partial charge >= 0.3 is 0 Å². The highest BCUT2D eigenvalue weighted by atomic mass is 15.1. The number of hydrogen-bond donors (Lipinski definition) is 1. The number of aryl methyl sites for hydroxylation is 1. The van der Waals surface area contributed by atoms with Crippen LogP contribution in [-0.4, -0.2) is 23.6 Å². The molecule has 0 bridgehead atoms. The number of rotatable bonds is 3. The van der Waals surface area contributed by atoms with Gasteiger partial charge in [0, 0.05) is 19.3 Å². The van der Waals surface area contributed by atoms with E-state index >= 15 is 0 Å². The molecule has 2 rings (SSSR count). The van der Waals surface area contributed by atoms with Gasteiger partial charge in [0.15, 0.2) is 0 Å². The van der Waals surface area contributed by atoms with E-state index in [9.17, 15) is 0 Å². The third-order valence-electron chi connectivity index (χ3n) is 2.96. The summed E-state index contributed by atoms with van der Waals surface area (Å²) in [5.41, 5.74) is 2.75. The molecule has 0 aliphatic carbocycles. The molecule has 1 N–H and O–H groups in total. The molecule has 94 valence electrons. The molecule has 0 saturated carbocycles. The molecule has 1 aromatic carbocycles. The molecule has 4 nitrogen and oxygen atoms in total. The van der Waals surface area contributed by atoms with Gasteiger partial charge in [-0.3, -0.25) is 0 Å². The van der Waals surface area contributed by atoms with Crippen LogP contribution in [0.15, 0.2) is 18.2 Å². The number of hydrogen-bond acceptors (Lipinski definition) is 3. The first-order valence-electron chi connectivity index (χ1n) is 6.00. The monoisotopic (exact) mass is 242 g/mol. The number of nitrogens with zero attached hydrogens (tertiary/aromatic N) is 3. The van der Waals surface area contributed by atoms with Crippen molar-refractivity contribution >= 4 is 16.7 Å². The SMILES string of the molecule is Cc1nc2ccc(N(C)CC(C)(C)C#N)cc2[nH]1. The summed E-state index contributed by atoms with van der Waals surface area (Å²) in [6.45, 7) is 6.54. The summed E-state index contributed by atoms with van der Waals surface area (Å²) in [4.78, 5) is 9.70. The van der Waals surface area contributed by atoms with Gasteiger partial charge in [-0.05, 0) is 39.0 Å². The zero-order valence-electron chi connectivity index (χ0n) is 11.3. The molecule has 0 radical (unpaired) electrons. The van der Waals surface area contributed by atoms with Crippen LogP contribution >= 0.6 is 0 Å². The number of aromatic nitrogens is 2. The van der Waals surface area contributed by atoms with E-state index in [1.807, 2.05) is 40.0 Å². The van der Waals surface area contributed by atoms with Gasteiger partial charge in [-0.25, -0.2) is 4.98 Å². The van der Waals surface area contributed by atoms with Gasteiger partial charge in [-0.15, -0.1) is 0 Å². The summed E-state index contributed by atoms with van der Waals surface area (Å²) in [7, 11) is 2.00. The lowest BCUT2D eigenvalue weighted by Crippen LogP contribution is -2.30. The minimum atomic E-state index is -0.354. The highest BCUT2D eigenvalue weighted by Crippen LogP contribution is 2.23. The van der Waals surface area contributed by atoms with Crippen LogP contribution in [0.25, 0.3) is 11.0 Å². The first-order chi connectivity index (χ1) is 8.41. The molecule has 0 unspecified atom stereocenters. The maximum atomic E-state index is 9.07. The summed E-state index contributed by atoms with van der Waals surface area (Å²) in [6.07, 6.45) is 0. The van der Waals surface area contributed by atoms with Gasteiger partial charge in [-0.2, -0.15) is 5.26 Å². The normalized spacial score (nSPS) is 11.5. The average Bonchev–Trinajstić information content (AvgIpc) is 2.67. The molecule has 1 heterocycles. The van der Waals surface area contributed by atoms with Gasteiger partial charge in [0.25, 0.3) is 0 Å². The van der Waals surface area contributed by atoms with E-state index in [0.29, 0.717) is 6.54 Å². The summed E-state index contributed by atoms with van der Waals surface area (Å²) < 4.78 is 0. The average molecular weight is 242 g/mol. The van der Waals surface area contributed by atoms with Crippen molar-refractivity contribution in [2.75, 3.05) is 18.5 Å². The molecule has 18 heavy (non-hydrogen) atoms. The first kappa shape index (κ1) is 12.4. The van der Waals surface area contributed by atoms with Crippen molar-refractivity contribution in [3.05, 3.63) is 24.0 Å². The van der Waals surface area contributed by atoms with Crippen molar-refractivity contribution < 1.29 is 0 Å². The van der Waals surface area contributed by atoms with Gasteiger partial charge in [-0.1, -0.05) is 0 Å². The molecule has 0 saturated heterocycles. The van der Waals surface area contributed by atoms with Crippen LogP contribution in [0.2, 0.25) is 0 Å². The molecule has 1 aromatic heterocycles. The van der Waals surface area contributed by atoms with Gasteiger partial charge in [0.1, 0.15) is 5.82 Å². The number of imidazole rings is 1. The predicted octanol–water partition coefficient (Wildman–Crippen LogP) is 2.86. The van der Waals surface area contributed by atoms with Crippen LogP contribution in [0.3, 0.4) is 0 Å². The van der Waals surface area contributed by atoms with Crippen molar-refractivity contribution in [2.24, 2.45) is 5.41 Å². The Morgan fingerprint density at radius 1 is 1.44 bits per heavy atom. The van der Waals surface area contributed by atoms with Crippen LogP contribution in [0.4, 0.5) is 5.69 Å². The van der Waals surface area contributed by atoms with Crippen molar-refractivity contribution in [3.63, 3.8) is 0 Å². The molecule has 0 fully saturated rings. The summed E-state index contributed by atoms with van der Waals surface area (Å²) in [5, 5.41) is 9.07. The number of H-pyrrole nitrogens is 1. The van der Waals surface area contributed by atoms with Crippen molar-refractivity contribution in [2.45, 2.75) is 20.8 Å². The highest BCUT2D eigenvalue weighted by molar-refractivity contribution is 5.79. The van der Waals surface area contributed by atoms with Crippen LogP contribution in [-0.2, 0) is 0 Å². The zero-order chi connectivity index (χ0) is 13.3. The second-order valence-corrected chi connectivity index (χ2v) is 5.38. The van der Waals surface area contributed by atoms with Crippen LogP contribution in [0.5, 0.6) is 0 Å². The highest BCUT2D eigenvalue weighted by Gasteiger charge is 2.19. The molecule has 0 aliphatic heterocycles. The van der Waals surface area contributed by atoms with E-state index in [1.54, 1.807) is 0 Å². The molecule has 0 amide bonds. The number of aromatic amines is 1. The number of nitrogens with one attached hydrogen (secondary N) is 1. The Bertz CT molecular complexity index is 604. The van der Waals surface area contributed by atoms with E-state index in [4.69, 9.17) is 5.26 Å². The number of benzene rings is 1. The van der Waals surface area contributed by atoms with Crippen molar-refractivity contribution in [1.82, 2.24) is 9.97 Å². The van der Waals surface area contributed by atoms with Gasteiger partial charge in [0.2, 0.25) is 0 Å². The minimum Gasteiger partial charge on any atom is -0.373 e. The van der Waals surface area contributed by atoms with Crippen molar-refractivity contribution in [3.8, 4) is 6.07 Å². The quantitative estimate of drug-likeness (QED) is 0.900. The number of nitriles is 1. The molecule has 2 aromatic rings. The zero-order valence-corrected chi connectivity index (χ0v) is 11.3. The van der Waals surface area contributed by atoms with E-state index in [-0.39, 0.29) is 5.41 Å². The van der Waals surface area contributed by atoms with Crippen LogP contribution in [0, 0.1) is 23.7 Å². The fourth-order valence-corrected chi connectivity index (χ4v) is 2.08. The molecule has 4 heteroatoms. The lowest BCUT2D eigenvalue weighted by Gasteiger charge is -2.26. The summed E-state index contributed by atoms with van der Waals surface area (Å²) in [5.74, 6) is 0.919. The predicted molar refractivity (Wildman–Crippen MR) is 73.5 cm³/mol. The van der Waals surface area contributed by atoms with Gasteiger partial charge < -0.3 is 9.88 Å². The lowest BCUT2D eigenvalue weighted by molar-refractivity contribution is 0.497. The largest absolute Gasteiger partial charge is 0.373 e. The fourth-order valence-electron chi connectivity index (χ4n) is 2.08. The Morgan fingerprint density at radius 3 is 2.83 bits per heavy atom. The first-order valence-corrected chi connectivity index (χ1v) is 6.00. The third kappa shape index (κ3) is 2.45. The number of anilines is 1. The van der Waals surface area contributed by atoms with Crippen LogP contribution in [0.1, 0.15) is 19.7 Å². The molecular weight excluding hydrogens is 224 g/mol. The Balaban J connectivity index is 2.28. The maximum Gasteiger partial charge on any atom is 0.104 e. The Hall–Kier alpha value is -2.02. The molecule has 0 atom stereocenters. The second kappa shape index (κ2) is 4.34. The smallest absolute Gasteiger partial charge is 0.104 e. The molecule has 0 aliphatic rings. The number of fused-ring (bicyclic) bond motifs is 1. The Labute approximate surface area is 107 Å². The molecular formula is C14H18N4. The standard InChI is InChI=1S/C14H18N4/c1-10-16-12-6-5-11(7-13(12)17-10)18(4)9-14(2,3)8-15/h5-7H,9H2,1-4H3,(H,16,17). The summed E-state index contributed by atoms with van der Waals surface area (Å²) in [6, 6.07) is 8.44. The Kier molecular flexibility index (Phi) is 3.00. The van der Waals surface area contributed by atoms with Crippen LogP contribution < -0.4 is 4.90 Å². The Morgan fingerprint density at radius 2 is 2.17 bits per heavy atom. The summed E-state index contributed by atoms with van der Waals surface area (Å²) >= 11 is 0. The minimum absolute atomic E-state index is 0.354. The van der Waals surface area contributed by atoms with Gasteiger partial charge in [0.05, 0.1) is 22.5 Å².